The molecule has 0 radical (unpaired) electrons. The highest BCUT2D eigenvalue weighted by Crippen LogP contribution is 2.21. The molecule has 3 heterocycles. The molecule has 5 rings (SSSR count). The summed E-state index contributed by atoms with van der Waals surface area (Å²) in [6.07, 6.45) is 5.21. The zero-order chi connectivity index (χ0) is 24.6. The first-order valence-corrected chi connectivity index (χ1v) is 12.3. The summed E-state index contributed by atoms with van der Waals surface area (Å²) in [6.45, 7) is 4.87. The third-order valence-electron chi connectivity index (χ3n) is 6.16. The van der Waals surface area contributed by atoms with Crippen molar-refractivity contribution in [2.45, 2.75) is 25.9 Å². The summed E-state index contributed by atoms with van der Waals surface area (Å²) >= 11 is 0. The highest BCUT2D eigenvalue weighted by molar-refractivity contribution is 5.80. The van der Waals surface area contributed by atoms with Gasteiger partial charge in [-0.05, 0) is 55.2 Å². The molecule has 2 saturated heterocycles. The smallest absolute Gasteiger partial charge is 0.250 e. The van der Waals surface area contributed by atoms with E-state index in [-0.39, 0.29) is 12.4 Å². The molecule has 2 aliphatic rings. The topological polar surface area (TPSA) is 88.0 Å². The van der Waals surface area contributed by atoms with Crippen LogP contribution in [0.25, 0.3) is 0 Å². The lowest BCUT2D eigenvalue weighted by Crippen LogP contribution is -2.38. The van der Waals surface area contributed by atoms with Gasteiger partial charge in [0.05, 0.1) is 19.4 Å². The molecule has 2 fully saturated rings. The summed E-state index contributed by atoms with van der Waals surface area (Å²) in [5.74, 6) is 2.12. The van der Waals surface area contributed by atoms with Gasteiger partial charge in [0.1, 0.15) is 18.2 Å². The Bertz CT molecular complexity index is 1130. The third kappa shape index (κ3) is 6.25. The van der Waals surface area contributed by atoms with Crippen molar-refractivity contribution in [2.75, 3.05) is 54.6 Å². The molecular weight excluding hydrogens is 461 g/mol. The average Bonchev–Trinajstić information content (AvgIpc) is 2.94. The first-order chi connectivity index (χ1) is 17.7. The van der Waals surface area contributed by atoms with E-state index in [4.69, 9.17) is 14.5 Å². The molecule has 0 amide bonds. The van der Waals surface area contributed by atoms with Crippen molar-refractivity contribution >= 4 is 24.1 Å². The standard InChI is InChI=1S/C26H30FN7O2/c27-23-7-3-2-6-21(23)19-36-22-10-8-20(9-11-22)18-28-32-24-29-25(33-12-4-1-5-13-33)31-26(30-24)34-14-16-35-17-15-34/h2-3,6-11,18H,1,4-5,12-17,19H2,(H,29,30,31,32)/b28-18+. The summed E-state index contributed by atoms with van der Waals surface area (Å²) in [7, 11) is 0. The number of anilines is 3. The van der Waals surface area contributed by atoms with E-state index >= 15 is 0 Å². The summed E-state index contributed by atoms with van der Waals surface area (Å²) in [5, 5.41) is 4.34. The van der Waals surface area contributed by atoms with Crippen molar-refractivity contribution in [2.24, 2.45) is 5.10 Å². The SMILES string of the molecule is Fc1ccccc1COc1ccc(/C=N/Nc2nc(N3CCCCC3)nc(N3CCOCC3)n2)cc1. The fraction of sp³-hybridized carbons (Fsp3) is 0.385. The van der Waals surface area contributed by atoms with Crippen LogP contribution in [0.2, 0.25) is 0 Å². The molecule has 3 aromatic rings. The Morgan fingerprint density at radius 1 is 0.889 bits per heavy atom. The first-order valence-electron chi connectivity index (χ1n) is 12.3. The Balaban J connectivity index is 1.24. The van der Waals surface area contributed by atoms with Crippen molar-refractivity contribution in [3.8, 4) is 5.75 Å². The molecule has 1 N–H and O–H groups in total. The van der Waals surface area contributed by atoms with Gasteiger partial charge in [-0.3, -0.25) is 0 Å². The lowest BCUT2D eigenvalue weighted by Gasteiger charge is -2.30. The van der Waals surface area contributed by atoms with Crippen LogP contribution in [0.15, 0.2) is 53.6 Å². The lowest BCUT2D eigenvalue weighted by molar-refractivity contribution is 0.122. The highest BCUT2D eigenvalue weighted by Gasteiger charge is 2.20. The van der Waals surface area contributed by atoms with Crippen LogP contribution in [-0.4, -0.2) is 60.6 Å². The van der Waals surface area contributed by atoms with E-state index in [2.05, 4.69) is 30.3 Å². The van der Waals surface area contributed by atoms with Gasteiger partial charge in [0.2, 0.25) is 17.8 Å². The number of nitrogens with zero attached hydrogens (tertiary/aromatic N) is 6. The molecule has 2 aromatic carbocycles. The number of hydrogen-bond acceptors (Lipinski definition) is 9. The van der Waals surface area contributed by atoms with Crippen molar-refractivity contribution in [3.05, 3.63) is 65.5 Å². The minimum atomic E-state index is -0.272. The summed E-state index contributed by atoms with van der Waals surface area (Å²) in [6, 6.07) is 14.0. The van der Waals surface area contributed by atoms with Crippen LogP contribution in [-0.2, 0) is 11.3 Å². The Labute approximate surface area is 210 Å². The Morgan fingerprint density at radius 2 is 1.58 bits per heavy atom. The number of morpholine rings is 1. The number of piperidine rings is 1. The maximum Gasteiger partial charge on any atom is 0.250 e. The van der Waals surface area contributed by atoms with Gasteiger partial charge in [0.25, 0.3) is 0 Å². The van der Waals surface area contributed by atoms with Gasteiger partial charge in [-0.15, -0.1) is 0 Å². The number of benzene rings is 2. The number of hydrogen-bond donors (Lipinski definition) is 1. The average molecular weight is 492 g/mol. The van der Waals surface area contributed by atoms with Gasteiger partial charge in [-0.1, -0.05) is 18.2 Å². The number of ether oxygens (including phenoxy) is 2. The van der Waals surface area contributed by atoms with Crippen LogP contribution in [0.5, 0.6) is 5.75 Å². The van der Waals surface area contributed by atoms with E-state index in [0.29, 0.717) is 42.4 Å². The van der Waals surface area contributed by atoms with Gasteiger partial charge >= 0.3 is 0 Å². The zero-order valence-corrected chi connectivity index (χ0v) is 20.1. The van der Waals surface area contributed by atoms with Gasteiger partial charge in [0.15, 0.2) is 0 Å². The Morgan fingerprint density at radius 3 is 2.31 bits per heavy atom. The highest BCUT2D eigenvalue weighted by atomic mass is 19.1. The van der Waals surface area contributed by atoms with Crippen LogP contribution in [0.1, 0.15) is 30.4 Å². The lowest BCUT2D eigenvalue weighted by atomic mass is 10.1. The van der Waals surface area contributed by atoms with Crippen molar-refractivity contribution < 1.29 is 13.9 Å². The van der Waals surface area contributed by atoms with Crippen LogP contribution < -0.4 is 20.0 Å². The van der Waals surface area contributed by atoms with E-state index < -0.39 is 0 Å². The number of rotatable bonds is 8. The molecule has 36 heavy (non-hydrogen) atoms. The maximum atomic E-state index is 13.8. The van der Waals surface area contributed by atoms with Crippen LogP contribution in [0.3, 0.4) is 0 Å². The molecule has 1 aromatic heterocycles. The number of halogens is 1. The molecule has 0 unspecified atom stereocenters. The summed E-state index contributed by atoms with van der Waals surface area (Å²) < 4.78 is 24.9. The van der Waals surface area contributed by atoms with Crippen LogP contribution in [0.4, 0.5) is 22.2 Å². The maximum absolute atomic E-state index is 13.8. The number of aromatic nitrogens is 3. The van der Waals surface area contributed by atoms with Gasteiger partial charge in [0, 0.05) is 31.7 Å². The van der Waals surface area contributed by atoms with Crippen LogP contribution >= 0.6 is 0 Å². The minimum absolute atomic E-state index is 0.172. The fourth-order valence-electron chi connectivity index (χ4n) is 4.14. The summed E-state index contributed by atoms with van der Waals surface area (Å²) in [5.41, 5.74) is 4.36. The molecular formula is C26H30FN7O2. The molecule has 10 heteroatoms. The normalized spacial score (nSPS) is 16.4. The monoisotopic (exact) mass is 491 g/mol. The van der Waals surface area contributed by atoms with E-state index in [9.17, 15) is 4.39 Å². The van der Waals surface area contributed by atoms with Gasteiger partial charge in [-0.25, -0.2) is 9.82 Å². The fourth-order valence-corrected chi connectivity index (χ4v) is 4.14. The molecule has 0 atom stereocenters. The molecule has 2 aliphatic heterocycles. The number of nitrogens with one attached hydrogen (secondary N) is 1. The first kappa shape index (κ1) is 23.9. The quantitative estimate of drug-likeness (QED) is 0.375. The molecule has 9 nitrogen and oxygen atoms in total. The van der Waals surface area contributed by atoms with Crippen molar-refractivity contribution in [1.29, 1.82) is 0 Å². The minimum Gasteiger partial charge on any atom is -0.489 e. The zero-order valence-electron chi connectivity index (χ0n) is 20.1. The van der Waals surface area contributed by atoms with Crippen molar-refractivity contribution in [3.63, 3.8) is 0 Å². The largest absolute Gasteiger partial charge is 0.489 e. The van der Waals surface area contributed by atoms with E-state index in [1.165, 1.54) is 12.5 Å². The van der Waals surface area contributed by atoms with E-state index in [1.807, 2.05) is 24.3 Å². The predicted molar refractivity (Wildman–Crippen MR) is 137 cm³/mol. The molecule has 0 saturated carbocycles. The second kappa shape index (κ2) is 11.8. The van der Waals surface area contributed by atoms with Crippen molar-refractivity contribution in [1.82, 2.24) is 15.0 Å². The second-order valence-electron chi connectivity index (χ2n) is 8.73. The molecule has 0 spiro atoms. The predicted octanol–water partition coefficient (Wildman–Crippen LogP) is 3.86. The molecule has 0 aliphatic carbocycles. The second-order valence-corrected chi connectivity index (χ2v) is 8.73. The summed E-state index contributed by atoms with van der Waals surface area (Å²) in [4.78, 5) is 18.3. The third-order valence-corrected chi connectivity index (χ3v) is 6.16. The Hall–Kier alpha value is -3.79. The molecule has 188 valence electrons. The number of hydrazone groups is 1. The van der Waals surface area contributed by atoms with Crippen LogP contribution in [0, 0.1) is 5.82 Å². The van der Waals surface area contributed by atoms with E-state index in [1.54, 1.807) is 24.4 Å². The molecule has 0 bridgehead atoms. The van der Waals surface area contributed by atoms with E-state index in [0.717, 1.165) is 44.6 Å². The van der Waals surface area contributed by atoms with Gasteiger partial charge < -0.3 is 19.3 Å². The Kier molecular flexibility index (Phi) is 7.82. The van der Waals surface area contributed by atoms with Gasteiger partial charge in [-0.2, -0.15) is 20.1 Å².